The fraction of sp³-hybridized carbons (Fsp3) is 0.688. The highest BCUT2D eigenvalue weighted by Crippen LogP contribution is 2.32. The molecule has 226 valence electrons. The van der Waals surface area contributed by atoms with Crippen LogP contribution < -0.4 is 0 Å². The normalized spacial score (nSPS) is 40.4. The summed E-state index contributed by atoms with van der Waals surface area (Å²) in [4.78, 5) is 24.8. The predicted molar refractivity (Wildman–Crippen MR) is 154 cm³/mol. The van der Waals surface area contributed by atoms with Crippen LogP contribution in [0.1, 0.15) is 79.6 Å². The average Bonchev–Trinajstić information content (AvgIpc) is 3.61. The Balaban J connectivity index is 2.08. The van der Waals surface area contributed by atoms with Crippen molar-refractivity contribution in [3.8, 4) is 0 Å². The fourth-order valence-corrected chi connectivity index (χ4v) is 5.13. The first-order valence-electron chi connectivity index (χ1n) is 14.5. The third-order valence-corrected chi connectivity index (χ3v) is 7.86. The van der Waals surface area contributed by atoms with E-state index in [4.69, 9.17) is 9.47 Å². The highest BCUT2D eigenvalue weighted by Gasteiger charge is 2.37. The van der Waals surface area contributed by atoms with Gasteiger partial charge in [-0.1, -0.05) is 62.8 Å². The molecular formula is C32H50O8. The molecule has 0 radical (unpaired) electrons. The molecule has 2 heterocycles. The first-order chi connectivity index (χ1) is 18.8. The van der Waals surface area contributed by atoms with E-state index in [0.717, 1.165) is 30.4 Å². The van der Waals surface area contributed by atoms with Crippen LogP contribution in [0.5, 0.6) is 0 Å². The number of Topliss-reactive ketones (excluding diaryl/α,β-unsaturated/α-hetero) is 1. The van der Waals surface area contributed by atoms with E-state index in [-0.39, 0.29) is 37.6 Å². The number of cyclic esters (lactones) is 1. The molecular weight excluding hydrogens is 512 g/mol. The van der Waals surface area contributed by atoms with Gasteiger partial charge in [0.15, 0.2) is 5.78 Å². The van der Waals surface area contributed by atoms with Crippen LogP contribution in [-0.2, 0) is 19.1 Å². The number of rotatable bonds is 0. The zero-order chi connectivity index (χ0) is 30.0. The van der Waals surface area contributed by atoms with E-state index in [1.807, 2.05) is 19.9 Å². The van der Waals surface area contributed by atoms with Gasteiger partial charge in [-0.25, -0.2) is 4.79 Å². The van der Waals surface area contributed by atoms with Crippen LogP contribution in [0.25, 0.3) is 0 Å². The third kappa shape index (κ3) is 11.8. The summed E-state index contributed by atoms with van der Waals surface area (Å²) < 4.78 is 11.0. The molecule has 0 aliphatic carbocycles. The first kappa shape index (κ1) is 34.1. The summed E-state index contributed by atoms with van der Waals surface area (Å²) in [5, 5.41) is 41.7. The second-order valence-corrected chi connectivity index (χ2v) is 12.0. The van der Waals surface area contributed by atoms with Gasteiger partial charge >= 0.3 is 5.97 Å². The number of aliphatic hydroxyl groups excluding tert-OH is 4. The number of epoxide rings is 1. The van der Waals surface area contributed by atoms with Crippen LogP contribution >= 0.6 is 0 Å². The van der Waals surface area contributed by atoms with Crippen molar-refractivity contribution in [1.82, 2.24) is 0 Å². The van der Waals surface area contributed by atoms with E-state index < -0.39 is 42.1 Å². The Morgan fingerprint density at radius 2 is 1.62 bits per heavy atom. The Morgan fingerprint density at radius 3 is 2.33 bits per heavy atom. The quantitative estimate of drug-likeness (QED) is 0.198. The summed E-state index contributed by atoms with van der Waals surface area (Å²) in [6.07, 6.45) is 6.39. The van der Waals surface area contributed by atoms with Crippen molar-refractivity contribution in [2.45, 2.75) is 116 Å². The fourth-order valence-electron chi connectivity index (χ4n) is 5.13. The van der Waals surface area contributed by atoms with Gasteiger partial charge in [0.05, 0.1) is 24.4 Å². The Morgan fingerprint density at radius 1 is 0.925 bits per heavy atom. The zero-order valence-electron chi connectivity index (χ0n) is 24.8. The standard InChI is InChI=1S/C32H50O8/c1-19-12-20(2)14-29-28(40-29)11-9-7-8-10-21(3)32(38)39-18-26(34)16-24(6)30(36)31(37)27(35)17-25(33)15-23(5)22(4)13-19/h9-11,13,20,23-26,28-31,33-34,36-37H,1,7-8,12,14-18H2,2-6H3/b11-9-,21-10-,22-13-/t20-,23-,24-,25-,26-,28-,29+,30+,31+/m1/s1. The van der Waals surface area contributed by atoms with Crippen molar-refractivity contribution >= 4 is 11.8 Å². The van der Waals surface area contributed by atoms with Crippen molar-refractivity contribution < 1.29 is 39.5 Å². The Bertz CT molecular complexity index is 951. The lowest BCUT2D eigenvalue weighted by Gasteiger charge is -2.26. The number of carbonyl (C=O) groups is 2. The van der Waals surface area contributed by atoms with E-state index in [2.05, 4.69) is 25.7 Å². The molecule has 0 spiro atoms. The number of ketones is 1. The van der Waals surface area contributed by atoms with Crippen molar-refractivity contribution in [2.75, 3.05) is 6.61 Å². The lowest BCUT2D eigenvalue weighted by atomic mass is 9.88. The van der Waals surface area contributed by atoms with E-state index in [1.54, 1.807) is 19.9 Å². The predicted octanol–water partition coefficient (Wildman–Crippen LogP) is 3.97. The number of ether oxygens (including phenoxy) is 2. The first-order valence-corrected chi connectivity index (χ1v) is 14.5. The van der Waals surface area contributed by atoms with Gasteiger partial charge in [-0.2, -0.15) is 0 Å². The van der Waals surface area contributed by atoms with Gasteiger partial charge in [0, 0.05) is 12.0 Å². The highest BCUT2D eigenvalue weighted by atomic mass is 16.6. The second-order valence-electron chi connectivity index (χ2n) is 12.0. The Labute approximate surface area is 239 Å². The van der Waals surface area contributed by atoms with Gasteiger partial charge < -0.3 is 29.9 Å². The summed E-state index contributed by atoms with van der Waals surface area (Å²) >= 11 is 0. The molecule has 0 bridgehead atoms. The average molecular weight is 563 g/mol. The van der Waals surface area contributed by atoms with Gasteiger partial charge in [0.1, 0.15) is 18.8 Å². The van der Waals surface area contributed by atoms with Gasteiger partial charge in [-0.05, 0) is 70.1 Å². The molecule has 0 amide bonds. The smallest absolute Gasteiger partial charge is 0.333 e. The summed E-state index contributed by atoms with van der Waals surface area (Å²) in [6, 6.07) is 0. The summed E-state index contributed by atoms with van der Waals surface area (Å²) in [7, 11) is 0. The van der Waals surface area contributed by atoms with Gasteiger partial charge in [-0.15, -0.1) is 0 Å². The maximum absolute atomic E-state index is 12.6. The summed E-state index contributed by atoms with van der Waals surface area (Å²) in [5.74, 6) is -1.45. The van der Waals surface area contributed by atoms with Crippen LogP contribution in [0, 0.1) is 17.8 Å². The largest absolute Gasteiger partial charge is 0.460 e. The second kappa shape index (κ2) is 16.4. The lowest BCUT2D eigenvalue weighted by molar-refractivity contribution is -0.143. The molecule has 8 heteroatoms. The van der Waals surface area contributed by atoms with Crippen molar-refractivity contribution in [3.63, 3.8) is 0 Å². The number of allylic oxidation sites excluding steroid dienone is 5. The monoisotopic (exact) mass is 562 g/mol. The molecule has 0 saturated carbocycles. The number of fused-ring (bicyclic) bond motifs is 1. The molecule has 0 aromatic carbocycles. The molecule has 0 aromatic rings. The third-order valence-electron chi connectivity index (χ3n) is 7.86. The summed E-state index contributed by atoms with van der Waals surface area (Å²) in [6.45, 7) is 13.3. The highest BCUT2D eigenvalue weighted by molar-refractivity contribution is 5.87. The molecule has 40 heavy (non-hydrogen) atoms. The molecule has 4 N–H and O–H groups in total. The maximum Gasteiger partial charge on any atom is 0.333 e. The molecule has 9 atom stereocenters. The van der Waals surface area contributed by atoms with E-state index in [1.165, 1.54) is 0 Å². The minimum atomic E-state index is -1.69. The summed E-state index contributed by atoms with van der Waals surface area (Å²) in [5.41, 5.74) is 2.50. The molecule has 2 aliphatic rings. The number of hydrogen-bond donors (Lipinski definition) is 4. The van der Waals surface area contributed by atoms with Crippen molar-refractivity contribution in [2.24, 2.45) is 17.8 Å². The van der Waals surface area contributed by atoms with Gasteiger partial charge in [-0.3, -0.25) is 4.79 Å². The molecule has 1 fully saturated rings. The number of carbonyl (C=O) groups excluding carboxylic acids is 2. The van der Waals surface area contributed by atoms with Crippen LogP contribution in [-0.4, -0.2) is 75.4 Å². The Hall–Kier alpha value is -2.10. The zero-order valence-corrected chi connectivity index (χ0v) is 24.8. The topological polar surface area (TPSA) is 137 Å². The minimum absolute atomic E-state index is 0.00393. The van der Waals surface area contributed by atoms with Crippen LogP contribution in [0.15, 0.2) is 47.6 Å². The van der Waals surface area contributed by atoms with E-state index in [0.29, 0.717) is 24.3 Å². The number of aliphatic hydroxyl groups is 4. The van der Waals surface area contributed by atoms with E-state index >= 15 is 0 Å². The van der Waals surface area contributed by atoms with Crippen LogP contribution in [0.2, 0.25) is 0 Å². The molecule has 2 aliphatic heterocycles. The van der Waals surface area contributed by atoms with Crippen LogP contribution in [0.4, 0.5) is 0 Å². The van der Waals surface area contributed by atoms with Gasteiger partial charge in [0.2, 0.25) is 0 Å². The maximum atomic E-state index is 12.6. The number of esters is 1. The van der Waals surface area contributed by atoms with Gasteiger partial charge in [0.25, 0.3) is 0 Å². The lowest BCUT2D eigenvalue weighted by Crippen LogP contribution is -2.41. The Kier molecular flexibility index (Phi) is 14.0. The van der Waals surface area contributed by atoms with Crippen molar-refractivity contribution in [3.05, 3.63) is 47.6 Å². The minimum Gasteiger partial charge on any atom is -0.460 e. The molecule has 1 saturated heterocycles. The van der Waals surface area contributed by atoms with Crippen LogP contribution in [0.3, 0.4) is 0 Å². The molecule has 2 rings (SSSR count). The molecule has 0 aromatic heterocycles. The SMILES string of the molecule is C=C1/C=C(/C)[C@H](C)C[C@@H](O)CC(=O)[C@H](O)[C@@H](O)[C@H](C)C[C@@H](O)COC(=O)/C(C)=C\CC/C=C\[C@H]2O[C@H]2C[C@H](C)C1. The molecule has 0 unspecified atom stereocenters. The van der Waals surface area contributed by atoms with E-state index in [9.17, 15) is 30.0 Å². The van der Waals surface area contributed by atoms with Crippen molar-refractivity contribution in [1.29, 1.82) is 0 Å². The number of hydrogen-bond acceptors (Lipinski definition) is 8. The molecule has 8 nitrogen and oxygen atoms in total.